The van der Waals surface area contributed by atoms with Crippen molar-refractivity contribution in [3.63, 3.8) is 0 Å². The minimum atomic E-state index is -0.0527. The molecule has 0 bridgehead atoms. The minimum absolute atomic E-state index is 0.0426. The number of hydrogen-bond acceptors (Lipinski definition) is 4. The Balaban J connectivity index is 1.29. The lowest BCUT2D eigenvalue weighted by Crippen LogP contribution is -2.50. The van der Waals surface area contributed by atoms with Gasteiger partial charge in [-0.3, -0.25) is 14.3 Å². The van der Waals surface area contributed by atoms with Crippen LogP contribution >= 0.6 is 11.3 Å². The van der Waals surface area contributed by atoms with Crippen molar-refractivity contribution in [2.75, 3.05) is 26.2 Å². The van der Waals surface area contributed by atoms with Gasteiger partial charge in [0.05, 0.1) is 17.1 Å². The number of carbonyl (C=O) groups excluding carboxylic acids is 2. The molecule has 1 aliphatic rings. The zero-order chi connectivity index (χ0) is 24.0. The molecular formula is C28H26N4O2S. The van der Waals surface area contributed by atoms with Crippen LogP contribution in [0.5, 0.6) is 0 Å². The van der Waals surface area contributed by atoms with Crippen LogP contribution in [0, 0.1) is 0 Å². The summed E-state index contributed by atoms with van der Waals surface area (Å²) < 4.78 is 1.91. The maximum atomic E-state index is 12.9. The van der Waals surface area contributed by atoms with Gasteiger partial charge in [-0.25, -0.2) is 0 Å². The number of rotatable bonds is 6. The first kappa shape index (κ1) is 22.8. The van der Waals surface area contributed by atoms with Gasteiger partial charge in [-0.15, -0.1) is 11.3 Å². The van der Waals surface area contributed by atoms with E-state index in [0.29, 0.717) is 32.7 Å². The van der Waals surface area contributed by atoms with Crippen molar-refractivity contribution in [3.8, 4) is 11.3 Å². The summed E-state index contributed by atoms with van der Waals surface area (Å²) in [6, 6.07) is 23.9. The molecular weight excluding hydrogens is 456 g/mol. The highest BCUT2D eigenvalue weighted by Crippen LogP contribution is 2.24. The molecule has 2 aromatic carbocycles. The normalized spacial score (nSPS) is 13.9. The van der Waals surface area contributed by atoms with E-state index in [1.807, 2.05) is 87.9 Å². The average Bonchev–Trinajstić information content (AvgIpc) is 3.59. The molecule has 0 aliphatic carbocycles. The fourth-order valence-corrected chi connectivity index (χ4v) is 4.87. The Kier molecular flexibility index (Phi) is 6.86. The number of hydrogen-bond donors (Lipinski definition) is 0. The third-order valence-electron chi connectivity index (χ3n) is 6.04. The highest BCUT2D eigenvalue weighted by molar-refractivity contribution is 7.12. The molecule has 2 amide bonds. The van der Waals surface area contributed by atoms with Crippen LogP contribution in [0.2, 0.25) is 0 Å². The molecule has 2 aromatic heterocycles. The minimum Gasteiger partial charge on any atom is -0.336 e. The lowest BCUT2D eigenvalue weighted by molar-refractivity contribution is -0.127. The van der Waals surface area contributed by atoms with E-state index in [-0.39, 0.29) is 11.8 Å². The molecule has 0 saturated carbocycles. The van der Waals surface area contributed by atoms with E-state index in [1.54, 1.807) is 11.0 Å². The number of benzene rings is 2. The maximum absolute atomic E-state index is 12.9. The lowest BCUT2D eigenvalue weighted by atomic mass is 10.1. The number of amides is 2. The molecule has 3 heterocycles. The third kappa shape index (κ3) is 5.41. The molecule has 7 heteroatoms. The van der Waals surface area contributed by atoms with Crippen LogP contribution in [-0.2, 0) is 11.3 Å². The molecule has 5 rings (SSSR count). The van der Waals surface area contributed by atoms with Gasteiger partial charge in [-0.2, -0.15) is 5.10 Å². The van der Waals surface area contributed by atoms with Gasteiger partial charge in [0, 0.05) is 49.6 Å². The van der Waals surface area contributed by atoms with Crippen LogP contribution < -0.4 is 0 Å². The van der Waals surface area contributed by atoms with E-state index >= 15 is 0 Å². The third-order valence-corrected chi connectivity index (χ3v) is 6.90. The van der Waals surface area contributed by atoms with Gasteiger partial charge >= 0.3 is 0 Å². The fraction of sp³-hybridized carbons (Fsp3) is 0.179. The topological polar surface area (TPSA) is 58.4 Å². The standard InChI is InChI=1S/C28H26N4O2S/c33-26(30-15-17-31(18-16-30)28(34)25-12-7-19-35-25)14-13-24-21-32(20-22-8-3-1-4-9-22)29-27(24)23-10-5-2-6-11-23/h1-14,19,21H,15-18,20H2. The number of aromatic nitrogens is 2. The molecule has 1 saturated heterocycles. The number of carbonyl (C=O) groups is 2. The summed E-state index contributed by atoms with van der Waals surface area (Å²) in [6.45, 7) is 2.79. The first-order valence-corrected chi connectivity index (χ1v) is 12.5. The Morgan fingerprint density at radius 3 is 2.23 bits per heavy atom. The van der Waals surface area contributed by atoms with Crippen molar-refractivity contribution in [1.29, 1.82) is 0 Å². The van der Waals surface area contributed by atoms with Crippen LogP contribution in [0.3, 0.4) is 0 Å². The van der Waals surface area contributed by atoms with Gasteiger partial charge in [-0.05, 0) is 23.1 Å². The molecule has 176 valence electrons. The van der Waals surface area contributed by atoms with Gasteiger partial charge < -0.3 is 9.80 Å². The Morgan fingerprint density at radius 1 is 0.857 bits per heavy atom. The molecule has 0 radical (unpaired) electrons. The predicted molar refractivity (Wildman–Crippen MR) is 139 cm³/mol. The van der Waals surface area contributed by atoms with E-state index < -0.39 is 0 Å². The monoisotopic (exact) mass is 482 g/mol. The van der Waals surface area contributed by atoms with Crippen molar-refractivity contribution in [1.82, 2.24) is 19.6 Å². The summed E-state index contributed by atoms with van der Waals surface area (Å²) in [5, 5.41) is 6.72. The van der Waals surface area contributed by atoms with E-state index in [1.165, 1.54) is 11.3 Å². The van der Waals surface area contributed by atoms with Crippen LogP contribution in [0.1, 0.15) is 20.8 Å². The SMILES string of the molecule is O=C(C=Cc1cn(Cc2ccccc2)nc1-c1ccccc1)N1CCN(C(=O)c2cccs2)CC1. The van der Waals surface area contributed by atoms with Crippen LogP contribution in [0.4, 0.5) is 0 Å². The summed E-state index contributed by atoms with van der Waals surface area (Å²) in [7, 11) is 0. The second-order valence-corrected chi connectivity index (χ2v) is 9.36. The van der Waals surface area contributed by atoms with Crippen LogP contribution in [0.25, 0.3) is 17.3 Å². The largest absolute Gasteiger partial charge is 0.336 e. The summed E-state index contributed by atoms with van der Waals surface area (Å²) in [4.78, 5) is 29.9. The summed E-state index contributed by atoms with van der Waals surface area (Å²) >= 11 is 1.45. The highest BCUT2D eigenvalue weighted by atomic mass is 32.1. The quantitative estimate of drug-likeness (QED) is 0.376. The number of thiophene rings is 1. The van der Waals surface area contributed by atoms with E-state index in [9.17, 15) is 9.59 Å². The Morgan fingerprint density at radius 2 is 1.54 bits per heavy atom. The molecule has 35 heavy (non-hydrogen) atoms. The Bertz CT molecular complexity index is 1310. The van der Waals surface area contributed by atoms with Crippen molar-refractivity contribution in [2.24, 2.45) is 0 Å². The van der Waals surface area contributed by atoms with Crippen molar-refractivity contribution < 1.29 is 9.59 Å². The maximum Gasteiger partial charge on any atom is 0.264 e. The molecule has 6 nitrogen and oxygen atoms in total. The summed E-state index contributed by atoms with van der Waals surface area (Å²) in [5.74, 6) is -0.0102. The molecule has 4 aromatic rings. The van der Waals surface area contributed by atoms with Crippen molar-refractivity contribution in [3.05, 3.63) is 106 Å². The van der Waals surface area contributed by atoms with Gasteiger partial charge in [0.2, 0.25) is 5.91 Å². The first-order chi connectivity index (χ1) is 17.2. The van der Waals surface area contributed by atoms with E-state index in [4.69, 9.17) is 5.10 Å². The van der Waals surface area contributed by atoms with Crippen molar-refractivity contribution >= 4 is 29.2 Å². The average molecular weight is 483 g/mol. The molecule has 0 spiro atoms. The smallest absolute Gasteiger partial charge is 0.264 e. The summed E-state index contributed by atoms with van der Waals surface area (Å²) in [6.07, 6.45) is 5.45. The Labute approximate surface area is 208 Å². The zero-order valence-electron chi connectivity index (χ0n) is 19.3. The van der Waals surface area contributed by atoms with Crippen LogP contribution in [0.15, 0.2) is 90.4 Å². The van der Waals surface area contributed by atoms with E-state index in [0.717, 1.165) is 27.3 Å². The Hall–Kier alpha value is -3.97. The zero-order valence-corrected chi connectivity index (χ0v) is 20.1. The summed E-state index contributed by atoms with van der Waals surface area (Å²) in [5.41, 5.74) is 3.91. The molecule has 0 atom stereocenters. The van der Waals surface area contributed by atoms with Gasteiger partial charge in [0.25, 0.3) is 5.91 Å². The second kappa shape index (κ2) is 10.5. The fourth-order valence-electron chi connectivity index (χ4n) is 4.18. The van der Waals surface area contributed by atoms with Gasteiger partial charge in [0.1, 0.15) is 0 Å². The highest BCUT2D eigenvalue weighted by Gasteiger charge is 2.24. The molecule has 0 N–H and O–H groups in total. The molecule has 0 unspecified atom stereocenters. The first-order valence-electron chi connectivity index (χ1n) is 11.6. The molecule has 1 fully saturated rings. The molecule has 1 aliphatic heterocycles. The van der Waals surface area contributed by atoms with Gasteiger partial charge in [0.15, 0.2) is 0 Å². The second-order valence-electron chi connectivity index (χ2n) is 8.41. The predicted octanol–water partition coefficient (Wildman–Crippen LogP) is 4.66. The van der Waals surface area contributed by atoms with Gasteiger partial charge in [-0.1, -0.05) is 66.7 Å². The number of piperazine rings is 1. The lowest BCUT2D eigenvalue weighted by Gasteiger charge is -2.34. The van der Waals surface area contributed by atoms with Crippen LogP contribution in [-0.4, -0.2) is 57.6 Å². The number of nitrogens with zero attached hydrogens (tertiary/aromatic N) is 4. The van der Waals surface area contributed by atoms with E-state index in [2.05, 4.69) is 12.1 Å². The van der Waals surface area contributed by atoms with Crippen molar-refractivity contribution in [2.45, 2.75) is 6.54 Å².